The molecule has 0 aliphatic carbocycles. The van der Waals surface area contributed by atoms with Crippen molar-refractivity contribution < 1.29 is 16.8 Å². The minimum absolute atomic E-state index is 0.0468. The van der Waals surface area contributed by atoms with Crippen LogP contribution in [0, 0.1) is 0 Å². The number of rotatable bonds is 6. The van der Waals surface area contributed by atoms with Gasteiger partial charge in [-0.05, 0) is 26.0 Å². The van der Waals surface area contributed by atoms with Crippen LogP contribution in [0.15, 0.2) is 41.3 Å². The Morgan fingerprint density at radius 2 is 1.48 bits per heavy atom. The Morgan fingerprint density at radius 3 is 2.00 bits per heavy atom. The van der Waals surface area contributed by atoms with Crippen molar-refractivity contribution in [1.82, 2.24) is 4.13 Å². The van der Waals surface area contributed by atoms with Crippen LogP contribution in [0.5, 0.6) is 0 Å². The number of hydrogen-bond donors (Lipinski definition) is 1. The Bertz CT molecular complexity index is 918. The van der Waals surface area contributed by atoms with Gasteiger partial charge in [0.1, 0.15) is 0 Å². The third-order valence-electron chi connectivity index (χ3n) is 3.52. The zero-order valence-electron chi connectivity index (χ0n) is 13.3. The molecule has 0 heterocycles. The van der Waals surface area contributed by atoms with Crippen molar-refractivity contribution in [3.8, 4) is 0 Å². The summed E-state index contributed by atoms with van der Waals surface area (Å²) in [6.07, 6.45) is 0.816. The summed E-state index contributed by atoms with van der Waals surface area (Å²) in [4.78, 5) is 2.07. The Hall–Kier alpha value is -1.64. The Balaban J connectivity index is 2.72. The van der Waals surface area contributed by atoms with Gasteiger partial charge in [0.2, 0.25) is 10.0 Å². The van der Waals surface area contributed by atoms with E-state index in [0.29, 0.717) is 5.39 Å². The molecular weight excluding hydrogens is 336 g/mol. The van der Waals surface area contributed by atoms with Crippen LogP contribution in [-0.2, 0) is 20.0 Å². The summed E-state index contributed by atoms with van der Waals surface area (Å²) in [5.74, 6) is 0. The minimum Gasteiger partial charge on any atom is -0.372 e. The standard InChI is InChI=1S/C15H20N2O4S2/c1-4-17(5-2)14-10-11-15(13-9-7-6-8-12(13)14)23(20,21)16-22(3,18)19/h6-11,16H,4-5H2,1-3H3. The molecule has 6 nitrogen and oxygen atoms in total. The zero-order valence-corrected chi connectivity index (χ0v) is 14.9. The summed E-state index contributed by atoms with van der Waals surface area (Å²) in [5.41, 5.74) is 0.920. The van der Waals surface area contributed by atoms with E-state index in [4.69, 9.17) is 0 Å². The van der Waals surface area contributed by atoms with E-state index >= 15 is 0 Å². The first kappa shape index (κ1) is 17.7. The van der Waals surface area contributed by atoms with Gasteiger partial charge < -0.3 is 4.90 Å². The Labute approximate surface area is 137 Å². The van der Waals surface area contributed by atoms with Gasteiger partial charge in [0, 0.05) is 29.5 Å². The predicted octanol–water partition coefficient (Wildman–Crippen LogP) is 1.92. The normalized spacial score (nSPS) is 12.5. The molecule has 2 aromatic carbocycles. The van der Waals surface area contributed by atoms with Crippen molar-refractivity contribution >= 4 is 36.5 Å². The van der Waals surface area contributed by atoms with E-state index in [0.717, 1.165) is 30.4 Å². The smallest absolute Gasteiger partial charge is 0.254 e. The molecule has 8 heteroatoms. The SMILES string of the molecule is CCN(CC)c1ccc(S(=O)(=O)NS(C)(=O)=O)c2ccccc12. The fourth-order valence-corrected chi connectivity index (χ4v) is 5.24. The largest absolute Gasteiger partial charge is 0.372 e. The van der Waals surface area contributed by atoms with Crippen molar-refractivity contribution in [3.63, 3.8) is 0 Å². The summed E-state index contributed by atoms with van der Waals surface area (Å²) in [5, 5.41) is 1.26. The van der Waals surface area contributed by atoms with Gasteiger partial charge in [-0.25, -0.2) is 16.8 Å². The molecule has 0 aliphatic heterocycles. The molecule has 2 rings (SSSR count). The lowest BCUT2D eigenvalue weighted by Gasteiger charge is -2.23. The lowest BCUT2D eigenvalue weighted by atomic mass is 10.1. The van der Waals surface area contributed by atoms with Crippen molar-refractivity contribution in [3.05, 3.63) is 36.4 Å². The predicted molar refractivity (Wildman–Crippen MR) is 92.7 cm³/mol. The summed E-state index contributed by atoms with van der Waals surface area (Å²) < 4.78 is 49.1. The molecule has 0 saturated heterocycles. The zero-order chi connectivity index (χ0) is 17.3. The number of nitrogens with zero attached hydrogens (tertiary/aromatic N) is 1. The van der Waals surface area contributed by atoms with Gasteiger partial charge in [0.05, 0.1) is 11.2 Å². The molecule has 23 heavy (non-hydrogen) atoms. The maximum Gasteiger partial charge on any atom is 0.254 e. The van der Waals surface area contributed by atoms with Crippen molar-refractivity contribution in [2.75, 3.05) is 24.2 Å². The Kier molecular flexibility index (Phi) is 4.98. The summed E-state index contributed by atoms with van der Waals surface area (Å²) in [7, 11) is -8.04. The molecule has 0 bridgehead atoms. The quantitative estimate of drug-likeness (QED) is 0.855. The van der Waals surface area contributed by atoms with Gasteiger partial charge in [0.25, 0.3) is 10.0 Å². The molecule has 0 amide bonds. The monoisotopic (exact) mass is 356 g/mol. The molecule has 1 N–H and O–H groups in total. The number of nitrogens with one attached hydrogen (secondary N) is 1. The van der Waals surface area contributed by atoms with E-state index in [1.54, 1.807) is 22.3 Å². The van der Waals surface area contributed by atoms with Gasteiger partial charge in [-0.15, -0.1) is 4.13 Å². The number of anilines is 1. The first-order chi connectivity index (χ1) is 10.7. The van der Waals surface area contributed by atoms with Gasteiger partial charge in [-0.3, -0.25) is 0 Å². The average Bonchev–Trinajstić information content (AvgIpc) is 2.46. The number of hydrogen-bond acceptors (Lipinski definition) is 5. The molecule has 2 aromatic rings. The molecular formula is C15H20N2O4S2. The maximum atomic E-state index is 12.4. The van der Waals surface area contributed by atoms with E-state index in [2.05, 4.69) is 4.90 Å². The van der Waals surface area contributed by atoms with Crippen molar-refractivity contribution in [1.29, 1.82) is 0 Å². The van der Waals surface area contributed by atoms with Crippen LogP contribution in [0.3, 0.4) is 0 Å². The topological polar surface area (TPSA) is 83.6 Å². The van der Waals surface area contributed by atoms with Crippen molar-refractivity contribution in [2.45, 2.75) is 18.7 Å². The molecule has 0 radical (unpaired) electrons. The highest BCUT2D eigenvalue weighted by Gasteiger charge is 2.23. The van der Waals surface area contributed by atoms with Crippen molar-refractivity contribution in [2.24, 2.45) is 0 Å². The van der Waals surface area contributed by atoms with Gasteiger partial charge in [0.15, 0.2) is 0 Å². The van der Waals surface area contributed by atoms with E-state index in [1.165, 1.54) is 6.07 Å². The van der Waals surface area contributed by atoms with Crippen LogP contribution in [-0.4, -0.2) is 36.2 Å². The van der Waals surface area contributed by atoms with Crippen LogP contribution >= 0.6 is 0 Å². The van der Waals surface area contributed by atoms with Gasteiger partial charge in [-0.2, -0.15) is 0 Å². The number of sulfonamides is 2. The molecule has 0 fully saturated rings. The fraction of sp³-hybridized carbons (Fsp3) is 0.333. The second-order valence-corrected chi connectivity index (χ2v) is 8.82. The molecule has 0 saturated carbocycles. The first-order valence-electron chi connectivity index (χ1n) is 7.20. The van der Waals surface area contributed by atoms with Crippen LogP contribution in [0.2, 0.25) is 0 Å². The highest BCUT2D eigenvalue weighted by Crippen LogP contribution is 2.31. The van der Waals surface area contributed by atoms with Gasteiger partial charge >= 0.3 is 0 Å². The highest BCUT2D eigenvalue weighted by atomic mass is 32.3. The van der Waals surface area contributed by atoms with Crippen LogP contribution in [0.4, 0.5) is 5.69 Å². The van der Waals surface area contributed by atoms with E-state index in [9.17, 15) is 16.8 Å². The Morgan fingerprint density at radius 1 is 0.913 bits per heavy atom. The van der Waals surface area contributed by atoms with E-state index < -0.39 is 20.0 Å². The molecule has 0 aromatic heterocycles. The fourth-order valence-electron chi connectivity index (χ4n) is 2.57. The molecule has 0 aliphatic rings. The minimum atomic E-state index is -4.16. The summed E-state index contributed by atoms with van der Waals surface area (Å²) >= 11 is 0. The van der Waals surface area contributed by atoms with Crippen LogP contribution in [0.25, 0.3) is 10.8 Å². The molecule has 0 spiro atoms. The van der Waals surface area contributed by atoms with Crippen LogP contribution in [0.1, 0.15) is 13.8 Å². The lowest BCUT2D eigenvalue weighted by Crippen LogP contribution is -2.29. The number of fused-ring (bicyclic) bond motifs is 1. The summed E-state index contributed by atoms with van der Waals surface area (Å²) in [6.45, 7) is 5.62. The van der Waals surface area contributed by atoms with Crippen LogP contribution < -0.4 is 9.03 Å². The summed E-state index contributed by atoms with van der Waals surface area (Å²) in [6, 6.07) is 10.2. The third-order valence-corrected chi connectivity index (χ3v) is 6.54. The number of benzene rings is 2. The van der Waals surface area contributed by atoms with E-state index in [-0.39, 0.29) is 4.90 Å². The third kappa shape index (κ3) is 3.82. The highest BCUT2D eigenvalue weighted by molar-refractivity contribution is 8.04. The second kappa shape index (κ2) is 6.46. The molecule has 0 unspecified atom stereocenters. The average molecular weight is 356 g/mol. The van der Waals surface area contributed by atoms with E-state index in [1.807, 2.05) is 26.0 Å². The molecule has 0 atom stereocenters. The second-order valence-electron chi connectivity index (χ2n) is 5.16. The lowest BCUT2D eigenvalue weighted by molar-refractivity contribution is 0.580. The molecule has 126 valence electrons. The maximum absolute atomic E-state index is 12.4. The first-order valence-corrected chi connectivity index (χ1v) is 10.6. The van der Waals surface area contributed by atoms with Gasteiger partial charge in [-0.1, -0.05) is 24.3 Å².